The molecule has 0 bridgehead atoms. The third-order valence-corrected chi connectivity index (χ3v) is 2.15. The van der Waals surface area contributed by atoms with Crippen molar-refractivity contribution in [1.29, 1.82) is 0 Å². The number of nitrogens with zero attached hydrogens (tertiary/aromatic N) is 1. The lowest BCUT2D eigenvalue weighted by molar-refractivity contribution is -0.144. The van der Waals surface area contributed by atoms with Gasteiger partial charge in [0.2, 0.25) is 5.91 Å². The number of hydrogen-bond acceptors (Lipinski definition) is 2. The summed E-state index contributed by atoms with van der Waals surface area (Å²) in [5.41, 5.74) is 5.59. The van der Waals surface area contributed by atoms with Crippen molar-refractivity contribution in [3.8, 4) is 0 Å². The van der Waals surface area contributed by atoms with Crippen LogP contribution in [0.2, 0.25) is 0 Å². The van der Waals surface area contributed by atoms with E-state index in [1.807, 2.05) is 13.8 Å². The molecule has 0 radical (unpaired) electrons. The quantitative estimate of drug-likeness (QED) is 0.796. The number of rotatable bonds is 5. The zero-order valence-electron chi connectivity index (χ0n) is 9.84. The van der Waals surface area contributed by atoms with Gasteiger partial charge in [0.1, 0.15) is 0 Å². The van der Waals surface area contributed by atoms with Crippen molar-refractivity contribution >= 4 is 5.91 Å². The van der Waals surface area contributed by atoms with Gasteiger partial charge >= 0.3 is 6.18 Å². The zero-order chi connectivity index (χ0) is 12.9. The van der Waals surface area contributed by atoms with Gasteiger partial charge in [0.25, 0.3) is 0 Å². The summed E-state index contributed by atoms with van der Waals surface area (Å²) in [6.07, 6.45) is -4.75. The van der Waals surface area contributed by atoms with Crippen LogP contribution in [0.5, 0.6) is 0 Å². The Labute approximate surface area is 93.8 Å². The minimum absolute atomic E-state index is 0.245. The first-order valence-electron chi connectivity index (χ1n) is 5.20. The molecular formula is C10H19F3N2O. The second-order valence-electron chi connectivity index (χ2n) is 4.36. The van der Waals surface area contributed by atoms with Crippen molar-refractivity contribution in [3.63, 3.8) is 0 Å². The van der Waals surface area contributed by atoms with E-state index in [9.17, 15) is 18.0 Å². The van der Waals surface area contributed by atoms with E-state index in [1.54, 1.807) is 0 Å². The Morgan fingerprint density at radius 2 is 1.88 bits per heavy atom. The summed E-state index contributed by atoms with van der Waals surface area (Å²) >= 11 is 0. The van der Waals surface area contributed by atoms with E-state index in [1.165, 1.54) is 7.05 Å². The van der Waals surface area contributed by atoms with Crippen LogP contribution in [0.25, 0.3) is 0 Å². The standard InChI is InChI=1S/C10H19F3N2O/c1-7(2)6-8(14)9(16)15(3)5-4-10(11,12)13/h7-8H,4-6,14H2,1-3H3/t8-/m0/s1. The summed E-state index contributed by atoms with van der Waals surface area (Å²) in [5, 5.41) is 0. The fraction of sp³-hybridized carbons (Fsp3) is 0.900. The third kappa shape index (κ3) is 6.66. The number of hydrogen-bond donors (Lipinski definition) is 1. The van der Waals surface area contributed by atoms with Gasteiger partial charge in [-0.05, 0) is 12.3 Å². The average molecular weight is 240 g/mol. The highest BCUT2D eigenvalue weighted by molar-refractivity contribution is 5.81. The Kier molecular flexibility index (Phi) is 5.78. The van der Waals surface area contributed by atoms with Gasteiger partial charge in [-0.2, -0.15) is 13.2 Å². The second-order valence-corrected chi connectivity index (χ2v) is 4.36. The zero-order valence-corrected chi connectivity index (χ0v) is 9.84. The molecule has 0 rings (SSSR count). The molecule has 6 heteroatoms. The molecule has 0 unspecified atom stereocenters. The first-order chi connectivity index (χ1) is 7.13. The summed E-state index contributed by atoms with van der Waals surface area (Å²) in [6.45, 7) is 3.47. The number of carbonyl (C=O) groups is 1. The van der Waals surface area contributed by atoms with E-state index in [0.29, 0.717) is 6.42 Å². The van der Waals surface area contributed by atoms with Crippen LogP contribution < -0.4 is 5.73 Å². The summed E-state index contributed by atoms with van der Waals surface area (Å²) < 4.78 is 35.8. The first kappa shape index (κ1) is 15.2. The second kappa shape index (κ2) is 6.08. The van der Waals surface area contributed by atoms with Gasteiger partial charge in [-0.25, -0.2) is 0 Å². The molecule has 0 aliphatic rings. The summed E-state index contributed by atoms with van der Waals surface area (Å²) in [6, 6.07) is -0.710. The van der Waals surface area contributed by atoms with Crippen molar-refractivity contribution in [2.24, 2.45) is 11.7 Å². The Morgan fingerprint density at radius 1 is 1.38 bits per heavy atom. The number of carbonyl (C=O) groups excluding carboxylic acids is 1. The highest BCUT2D eigenvalue weighted by Crippen LogP contribution is 2.19. The van der Waals surface area contributed by atoms with E-state index in [4.69, 9.17) is 5.73 Å². The predicted octanol–water partition coefficient (Wildman–Crippen LogP) is 1.77. The van der Waals surface area contributed by atoms with E-state index < -0.39 is 24.5 Å². The van der Waals surface area contributed by atoms with Crippen LogP contribution in [0, 0.1) is 5.92 Å². The minimum atomic E-state index is -4.24. The van der Waals surface area contributed by atoms with Crippen molar-refractivity contribution in [2.75, 3.05) is 13.6 Å². The Balaban J connectivity index is 4.08. The maximum atomic E-state index is 11.9. The summed E-state index contributed by atoms with van der Waals surface area (Å²) in [5.74, 6) is -0.187. The van der Waals surface area contributed by atoms with Gasteiger partial charge in [0, 0.05) is 13.6 Å². The Morgan fingerprint density at radius 3 is 2.25 bits per heavy atom. The normalized spacial score (nSPS) is 14.0. The molecule has 0 heterocycles. The van der Waals surface area contributed by atoms with Gasteiger partial charge in [-0.1, -0.05) is 13.8 Å². The molecule has 0 aromatic heterocycles. The molecule has 0 aliphatic carbocycles. The molecule has 1 atom stereocenters. The van der Waals surface area contributed by atoms with E-state index in [0.717, 1.165) is 4.90 Å². The maximum Gasteiger partial charge on any atom is 0.390 e. The largest absolute Gasteiger partial charge is 0.390 e. The van der Waals surface area contributed by atoms with Gasteiger partial charge in [0.05, 0.1) is 12.5 Å². The molecule has 1 amide bonds. The highest BCUT2D eigenvalue weighted by atomic mass is 19.4. The molecule has 0 spiro atoms. The molecule has 0 saturated carbocycles. The Hall–Kier alpha value is -0.780. The summed E-state index contributed by atoms with van der Waals surface area (Å²) in [4.78, 5) is 12.6. The van der Waals surface area contributed by atoms with Crippen molar-refractivity contribution in [3.05, 3.63) is 0 Å². The van der Waals surface area contributed by atoms with Crippen LogP contribution in [-0.2, 0) is 4.79 Å². The SMILES string of the molecule is CC(C)C[C@H](N)C(=O)N(C)CCC(F)(F)F. The molecule has 2 N–H and O–H groups in total. The molecule has 0 saturated heterocycles. The summed E-state index contributed by atoms with van der Waals surface area (Å²) in [7, 11) is 1.34. The molecule has 96 valence electrons. The van der Waals surface area contributed by atoms with Crippen LogP contribution in [-0.4, -0.2) is 36.6 Å². The van der Waals surface area contributed by atoms with Crippen molar-refractivity contribution in [1.82, 2.24) is 4.90 Å². The van der Waals surface area contributed by atoms with Crippen molar-refractivity contribution in [2.45, 2.75) is 38.9 Å². The van der Waals surface area contributed by atoms with E-state index in [2.05, 4.69) is 0 Å². The third-order valence-electron chi connectivity index (χ3n) is 2.15. The predicted molar refractivity (Wildman–Crippen MR) is 55.7 cm³/mol. The van der Waals surface area contributed by atoms with Crippen LogP contribution in [0.4, 0.5) is 13.2 Å². The average Bonchev–Trinajstić information content (AvgIpc) is 2.10. The molecule has 0 aromatic rings. The fourth-order valence-electron chi connectivity index (χ4n) is 1.30. The lowest BCUT2D eigenvalue weighted by Gasteiger charge is -2.22. The number of halogens is 3. The van der Waals surface area contributed by atoms with Gasteiger partial charge in [-0.15, -0.1) is 0 Å². The molecule has 0 fully saturated rings. The molecule has 16 heavy (non-hydrogen) atoms. The van der Waals surface area contributed by atoms with Gasteiger partial charge < -0.3 is 10.6 Å². The smallest absolute Gasteiger partial charge is 0.344 e. The van der Waals surface area contributed by atoms with Crippen LogP contribution in [0.15, 0.2) is 0 Å². The number of amides is 1. The lowest BCUT2D eigenvalue weighted by Crippen LogP contribution is -2.43. The Bertz CT molecular complexity index is 229. The van der Waals surface area contributed by atoms with Gasteiger partial charge in [0.15, 0.2) is 0 Å². The van der Waals surface area contributed by atoms with E-state index >= 15 is 0 Å². The maximum absolute atomic E-state index is 11.9. The van der Waals surface area contributed by atoms with Crippen LogP contribution >= 0.6 is 0 Å². The lowest BCUT2D eigenvalue weighted by atomic mass is 10.0. The van der Waals surface area contributed by atoms with Crippen LogP contribution in [0.1, 0.15) is 26.7 Å². The molecule has 0 aliphatic heterocycles. The number of alkyl halides is 3. The first-order valence-corrected chi connectivity index (χ1v) is 5.20. The fourth-order valence-corrected chi connectivity index (χ4v) is 1.30. The number of nitrogens with two attached hydrogens (primary N) is 1. The van der Waals surface area contributed by atoms with E-state index in [-0.39, 0.29) is 12.5 Å². The molecular weight excluding hydrogens is 221 g/mol. The van der Waals surface area contributed by atoms with Crippen molar-refractivity contribution < 1.29 is 18.0 Å². The van der Waals surface area contributed by atoms with Gasteiger partial charge in [-0.3, -0.25) is 4.79 Å². The minimum Gasteiger partial charge on any atom is -0.344 e. The topological polar surface area (TPSA) is 46.3 Å². The monoisotopic (exact) mass is 240 g/mol. The highest BCUT2D eigenvalue weighted by Gasteiger charge is 2.29. The molecule has 0 aromatic carbocycles. The number of likely N-dealkylation sites (N-methyl/N-ethyl adjacent to an activating group) is 1. The van der Waals surface area contributed by atoms with Crippen LogP contribution in [0.3, 0.4) is 0 Å². The molecule has 3 nitrogen and oxygen atoms in total.